The Hall–Kier alpha value is -5.98. The van der Waals surface area contributed by atoms with Crippen molar-refractivity contribution in [3.63, 3.8) is 0 Å². The van der Waals surface area contributed by atoms with Crippen molar-refractivity contribution in [2.45, 2.75) is 161 Å². The minimum absolute atomic E-state index is 0.241. The summed E-state index contributed by atoms with van der Waals surface area (Å²) < 4.78 is 41.0. The summed E-state index contributed by atoms with van der Waals surface area (Å²) >= 11 is 0. The molecule has 0 unspecified atom stereocenters. The van der Waals surface area contributed by atoms with Gasteiger partial charge in [0, 0.05) is 80.5 Å². The first-order valence-corrected chi connectivity index (χ1v) is 21.7. The van der Waals surface area contributed by atoms with Gasteiger partial charge in [0.2, 0.25) is 0 Å². The van der Waals surface area contributed by atoms with E-state index in [-0.39, 0.29) is 51.0 Å². The van der Waals surface area contributed by atoms with Crippen LogP contribution in [0.4, 0.5) is 0 Å². The molecule has 4 aromatic carbocycles. The van der Waals surface area contributed by atoms with Crippen molar-refractivity contribution in [1.29, 1.82) is 0 Å². The number of esters is 6. The molecule has 0 amide bonds. The molecule has 0 heterocycles. The topological polar surface area (TPSA) is 167 Å². The van der Waals surface area contributed by atoms with E-state index in [4.69, 9.17) is 33.2 Å². The largest absolute Gasteiger partial charge is 0.461 e. The van der Waals surface area contributed by atoms with Gasteiger partial charge in [0.1, 0.15) is 51.1 Å². The molecule has 0 aliphatic heterocycles. The molecule has 4 rings (SSSR count). The van der Waals surface area contributed by atoms with Gasteiger partial charge < -0.3 is 33.2 Å². The van der Waals surface area contributed by atoms with Crippen LogP contribution >= 0.6 is 0 Å². The Balaban J connectivity index is 2.37. The zero-order valence-corrected chi connectivity index (χ0v) is 38.9. The fourth-order valence-electron chi connectivity index (χ4n) is 8.73. The van der Waals surface area contributed by atoms with Crippen LogP contribution in [0.2, 0.25) is 0 Å². The molecule has 0 bridgehead atoms. The monoisotopic (exact) mass is 870 g/mol. The summed E-state index contributed by atoms with van der Waals surface area (Å²) in [5.74, 6) is -2.88. The van der Waals surface area contributed by atoms with Crippen LogP contribution in [0.15, 0.2) is 12.1 Å². The molecule has 0 atom stereocenters. The molecule has 13 heteroatoms. The van der Waals surface area contributed by atoms with Gasteiger partial charge in [-0.15, -0.1) is 0 Å². The van der Waals surface area contributed by atoms with Gasteiger partial charge in [-0.1, -0.05) is 41.5 Å². The summed E-state index contributed by atoms with van der Waals surface area (Å²) in [6, 6.07) is 3.78. The lowest BCUT2D eigenvalue weighted by molar-refractivity contribution is -0.144. The first kappa shape index (κ1) is 49.7. The normalized spacial score (nSPS) is 11.0. The van der Waals surface area contributed by atoms with Gasteiger partial charge in [-0.3, -0.25) is 28.8 Å². The maximum absolute atomic E-state index is 12.7. The highest BCUT2D eigenvalue weighted by molar-refractivity contribution is 6.00. The highest BCUT2D eigenvalue weighted by atomic mass is 16.6. The standard InChI is InChI=1S/C50H62O13/c1-13-33-19-45(39(18-6)49-38(17-5)36(15-3)35(14-2)37(16-4)47(33)49)63-46-20-34(21-57-27(7)51)48-42(24-60-30(10)54)40(22-58-28(8)52)41(23-59-29(9)53)43(25-61-31(11)55)50(48)44(46)26-62-32(12)56/h19-20H,13-18,21-26H2,1-12H3. The Morgan fingerprint density at radius 3 is 1.02 bits per heavy atom. The van der Waals surface area contributed by atoms with Gasteiger partial charge in [0.05, 0.1) is 0 Å². The highest BCUT2D eigenvalue weighted by Crippen LogP contribution is 2.46. The lowest BCUT2D eigenvalue weighted by atomic mass is 9.80. The summed E-state index contributed by atoms with van der Waals surface area (Å²) in [5.41, 5.74) is 9.39. The van der Waals surface area contributed by atoms with E-state index in [2.05, 4.69) is 47.6 Å². The first-order valence-electron chi connectivity index (χ1n) is 21.7. The smallest absolute Gasteiger partial charge is 0.302 e. The predicted molar refractivity (Wildman–Crippen MR) is 237 cm³/mol. The predicted octanol–water partition coefficient (Wildman–Crippen LogP) is 9.54. The van der Waals surface area contributed by atoms with E-state index < -0.39 is 35.8 Å². The molecular weight excluding hydrogens is 809 g/mol. The number of aryl methyl sites for hydroxylation is 4. The quantitative estimate of drug-likeness (QED) is 0.0609. The molecule has 4 aromatic rings. The third-order valence-corrected chi connectivity index (χ3v) is 11.2. The Morgan fingerprint density at radius 1 is 0.317 bits per heavy atom. The second-order valence-corrected chi connectivity index (χ2v) is 15.3. The molecular formula is C50H62O13. The summed E-state index contributed by atoms with van der Waals surface area (Å²) in [5, 5.41) is 3.12. The molecule has 0 radical (unpaired) electrons. The maximum Gasteiger partial charge on any atom is 0.302 e. The molecule has 0 saturated heterocycles. The summed E-state index contributed by atoms with van der Waals surface area (Å²) in [4.78, 5) is 75.0. The van der Waals surface area contributed by atoms with Crippen LogP contribution < -0.4 is 4.74 Å². The summed E-state index contributed by atoms with van der Waals surface area (Å²) in [7, 11) is 0. The molecule has 340 valence electrons. The van der Waals surface area contributed by atoms with Crippen molar-refractivity contribution in [1.82, 2.24) is 0 Å². The van der Waals surface area contributed by atoms with Crippen molar-refractivity contribution in [2.75, 3.05) is 0 Å². The van der Waals surface area contributed by atoms with Gasteiger partial charge in [0.15, 0.2) is 0 Å². The van der Waals surface area contributed by atoms with E-state index in [9.17, 15) is 28.8 Å². The number of carbonyl (C=O) groups excluding carboxylic acids is 6. The molecule has 0 aliphatic rings. The second-order valence-electron chi connectivity index (χ2n) is 15.3. The number of carbonyl (C=O) groups is 6. The Labute approximate surface area is 370 Å². The average molecular weight is 871 g/mol. The minimum atomic E-state index is -0.633. The third kappa shape index (κ3) is 11.3. The Kier molecular flexibility index (Phi) is 17.7. The van der Waals surface area contributed by atoms with Crippen LogP contribution in [0.5, 0.6) is 11.5 Å². The number of benzene rings is 4. The van der Waals surface area contributed by atoms with Gasteiger partial charge >= 0.3 is 35.8 Å². The van der Waals surface area contributed by atoms with Gasteiger partial charge in [-0.05, 0) is 100 Å². The molecule has 13 nitrogen and oxygen atoms in total. The van der Waals surface area contributed by atoms with Gasteiger partial charge in [-0.2, -0.15) is 0 Å². The van der Waals surface area contributed by atoms with E-state index in [1.165, 1.54) is 74.6 Å². The minimum Gasteiger partial charge on any atom is -0.461 e. The number of hydrogen-bond donors (Lipinski definition) is 0. The molecule has 0 fully saturated rings. The first-order chi connectivity index (χ1) is 30.0. The second kappa shape index (κ2) is 22.4. The third-order valence-electron chi connectivity index (χ3n) is 11.2. The van der Waals surface area contributed by atoms with Crippen LogP contribution in [0.1, 0.15) is 150 Å². The fourth-order valence-corrected chi connectivity index (χ4v) is 8.73. The Bertz CT molecular complexity index is 2420. The number of hydrogen-bond acceptors (Lipinski definition) is 13. The maximum atomic E-state index is 12.7. The highest BCUT2D eigenvalue weighted by Gasteiger charge is 2.30. The lowest BCUT2D eigenvalue weighted by Crippen LogP contribution is -2.17. The summed E-state index contributed by atoms with van der Waals surface area (Å²) in [6.45, 7) is 18.3. The average Bonchev–Trinajstić information content (AvgIpc) is 3.23. The SMILES string of the molecule is CCc1c(CC)c(CC)c2c(CC)c(Oc3cc(COC(C)=O)c4c(COC(C)=O)c(COC(C)=O)c(COC(C)=O)c(COC(C)=O)c4c3COC(C)=O)cc(CC)c2c1CC. The molecule has 63 heavy (non-hydrogen) atoms. The van der Waals surface area contributed by atoms with E-state index >= 15 is 0 Å². The van der Waals surface area contributed by atoms with E-state index in [1.807, 2.05) is 0 Å². The van der Waals surface area contributed by atoms with Crippen LogP contribution in [0.25, 0.3) is 21.5 Å². The van der Waals surface area contributed by atoms with E-state index in [1.54, 1.807) is 6.07 Å². The summed E-state index contributed by atoms with van der Waals surface area (Å²) in [6.07, 6.45) is 4.79. The van der Waals surface area contributed by atoms with Crippen molar-refractivity contribution >= 4 is 57.4 Å². The van der Waals surface area contributed by atoms with Crippen molar-refractivity contribution < 1.29 is 61.9 Å². The Morgan fingerprint density at radius 2 is 0.619 bits per heavy atom. The molecule has 0 saturated carbocycles. The van der Waals surface area contributed by atoms with Crippen molar-refractivity contribution in [2.24, 2.45) is 0 Å². The van der Waals surface area contributed by atoms with Gasteiger partial charge in [-0.25, -0.2) is 0 Å². The van der Waals surface area contributed by atoms with Crippen molar-refractivity contribution in [3.8, 4) is 11.5 Å². The number of ether oxygens (including phenoxy) is 7. The van der Waals surface area contributed by atoms with Crippen LogP contribution in [0.3, 0.4) is 0 Å². The molecule has 0 spiro atoms. The lowest BCUT2D eigenvalue weighted by Gasteiger charge is -2.28. The fraction of sp³-hybridized carbons (Fsp3) is 0.480. The zero-order chi connectivity index (χ0) is 46.7. The van der Waals surface area contributed by atoms with E-state index in [0.29, 0.717) is 57.2 Å². The van der Waals surface area contributed by atoms with Crippen LogP contribution in [-0.4, -0.2) is 35.8 Å². The van der Waals surface area contributed by atoms with Crippen LogP contribution in [0, 0.1) is 0 Å². The molecule has 0 aliphatic carbocycles. The molecule has 0 N–H and O–H groups in total. The van der Waals surface area contributed by atoms with E-state index in [0.717, 1.165) is 36.8 Å². The number of rotatable bonds is 20. The van der Waals surface area contributed by atoms with Crippen LogP contribution in [-0.2, 0) is 135 Å². The van der Waals surface area contributed by atoms with Crippen molar-refractivity contribution in [3.05, 3.63) is 78.9 Å². The number of fused-ring (bicyclic) bond motifs is 2. The zero-order valence-electron chi connectivity index (χ0n) is 38.9. The molecule has 0 aromatic heterocycles. The van der Waals surface area contributed by atoms with Gasteiger partial charge in [0.25, 0.3) is 0 Å².